The maximum absolute atomic E-state index is 11.9. The number of anilines is 1. The smallest absolute Gasteiger partial charge is 0.240 e. The van der Waals surface area contributed by atoms with Gasteiger partial charge in [0.1, 0.15) is 10.4 Å². The number of nitrogens with one attached hydrogen (secondary N) is 1. The fraction of sp³-hybridized carbons (Fsp3) is 0.231. The maximum Gasteiger partial charge on any atom is 0.240 e. The van der Waals surface area contributed by atoms with Crippen molar-refractivity contribution in [1.29, 1.82) is 0 Å². The topological polar surface area (TPSA) is 80.9 Å². The van der Waals surface area contributed by atoms with Crippen LogP contribution in [-0.2, 0) is 10.2 Å². The number of rotatable bonds is 1. The third-order valence-corrected chi connectivity index (χ3v) is 4.24. The van der Waals surface area contributed by atoms with Gasteiger partial charge >= 0.3 is 0 Å². The number of oxazole rings is 1. The summed E-state index contributed by atoms with van der Waals surface area (Å²) in [6.07, 6.45) is 1.62. The minimum absolute atomic E-state index is 0.00738. The van der Waals surface area contributed by atoms with Gasteiger partial charge in [-0.2, -0.15) is 0 Å². The zero-order chi connectivity index (χ0) is 13.9. The highest BCUT2D eigenvalue weighted by Crippen LogP contribution is 2.40. The Balaban J connectivity index is 1.93. The van der Waals surface area contributed by atoms with Crippen LogP contribution in [0.15, 0.2) is 22.7 Å². The van der Waals surface area contributed by atoms with Crippen molar-refractivity contribution in [2.45, 2.75) is 19.3 Å². The predicted octanol–water partition coefficient (Wildman–Crippen LogP) is 2.58. The van der Waals surface area contributed by atoms with Gasteiger partial charge in [0, 0.05) is 11.8 Å². The van der Waals surface area contributed by atoms with E-state index in [1.54, 1.807) is 6.20 Å². The molecule has 0 saturated heterocycles. The Labute approximate surface area is 118 Å². The first kappa shape index (κ1) is 11.5. The highest BCUT2D eigenvalue weighted by atomic mass is 32.1. The average molecular weight is 286 g/mol. The van der Waals surface area contributed by atoms with Crippen molar-refractivity contribution in [2.75, 3.05) is 5.32 Å². The number of benzene rings is 1. The summed E-state index contributed by atoms with van der Waals surface area (Å²) in [7, 11) is 0. The van der Waals surface area contributed by atoms with Crippen LogP contribution in [0.25, 0.3) is 21.9 Å². The summed E-state index contributed by atoms with van der Waals surface area (Å²) in [5.74, 6) is 0.495. The molecule has 0 bridgehead atoms. The number of nitrogens with zero attached hydrogens (tertiary/aromatic N) is 3. The van der Waals surface area contributed by atoms with Crippen LogP contribution in [0.3, 0.4) is 0 Å². The van der Waals surface area contributed by atoms with Gasteiger partial charge in [-0.1, -0.05) is 4.49 Å². The predicted molar refractivity (Wildman–Crippen MR) is 74.6 cm³/mol. The van der Waals surface area contributed by atoms with Crippen LogP contribution in [-0.4, -0.2) is 20.5 Å². The van der Waals surface area contributed by atoms with Crippen molar-refractivity contribution >= 4 is 34.2 Å². The van der Waals surface area contributed by atoms with Gasteiger partial charge in [-0.05, 0) is 37.0 Å². The molecule has 2 aromatic heterocycles. The molecule has 4 rings (SSSR count). The van der Waals surface area contributed by atoms with E-state index < -0.39 is 5.41 Å². The van der Waals surface area contributed by atoms with Crippen molar-refractivity contribution in [3.63, 3.8) is 0 Å². The van der Waals surface area contributed by atoms with Crippen LogP contribution >= 0.6 is 11.5 Å². The fourth-order valence-corrected chi connectivity index (χ4v) is 2.80. The van der Waals surface area contributed by atoms with E-state index >= 15 is 0 Å². The molecular formula is C13H10N4O2S. The molecule has 1 amide bonds. The molecule has 0 spiro atoms. The van der Waals surface area contributed by atoms with Crippen LogP contribution in [0.1, 0.15) is 19.4 Å². The van der Waals surface area contributed by atoms with Crippen LogP contribution in [0.2, 0.25) is 0 Å². The quantitative estimate of drug-likeness (QED) is 0.743. The van der Waals surface area contributed by atoms with E-state index in [1.807, 2.05) is 26.0 Å². The molecule has 0 unspecified atom stereocenters. The zero-order valence-electron chi connectivity index (χ0n) is 10.8. The van der Waals surface area contributed by atoms with Crippen LogP contribution in [0.4, 0.5) is 5.69 Å². The molecule has 0 aliphatic carbocycles. The number of carbonyl (C=O) groups excluding carboxylic acids is 1. The van der Waals surface area contributed by atoms with Gasteiger partial charge in [-0.3, -0.25) is 4.79 Å². The minimum atomic E-state index is -0.547. The largest absolute Gasteiger partial charge is 0.435 e. The Hall–Kier alpha value is -2.28. The summed E-state index contributed by atoms with van der Waals surface area (Å²) in [6.45, 7) is 3.79. The normalized spacial score (nSPS) is 16.4. The van der Waals surface area contributed by atoms with E-state index in [0.717, 1.165) is 21.6 Å². The summed E-state index contributed by atoms with van der Waals surface area (Å²) in [5, 5.41) is 6.65. The maximum atomic E-state index is 11.9. The highest BCUT2D eigenvalue weighted by Gasteiger charge is 2.39. The third kappa shape index (κ3) is 1.44. The van der Waals surface area contributed by atoms with Crippen molar-refractivity contribution in [2.24, 2.45) is 0 Å². The van der Waals surface area contributed by atoms with Crippen molar-refractivity contribution in [1.82, 2.24) is 14.6 Å². The lowest BCUT2D eigenvalue weighted by molar-refractivity contribution is -0.119. The number of amides is 1. The van der Waals surface area contributed by atoms with E-state index in [9.17, 15) is 4.79 Å². The number of hydrogen-bond acceptors (Lipinski definition) is 6. The minimum Gasteiger partial charge on any atom is -0.435 e. The van der Waals surface area contributed by atoms with E-state index in [1.165, 1.54) is 11.5 Å². The van der Waals surface area contributed by atoms with Crippen molar-refractivity contribution < 1.29 is 9.21 Å². The molecular weight excluding hydrogens is 276 g/mol. The summed E-state index contributed by atoms with van der Waals surface area (Å²) >= 11 is 1.23. The summed E-state index contributed by atoms with van der Waals surface area (Å²) < 4.78 is 9.51. The second-order valence-electron chi connectivity index (χ2n) is 5.25. The fourth-order valence-electron chi connectivity index (χ4n) is 2.36. The van der Waals surface area contributed by atoms with E-state index in [-0.39, 0.29) is 5.91 Å². The zero-order valence-corrected chi connectivity index (χ0v) is 11.6. The van der Waals surface area contributed by atoms with Gasteiger partial charge in [0.05, 0.1) is 11.6 Å². The molecule has 3 aromatic rings. The van der Waals surface area contributed by atoms with Crippen LogP contribution < -0.4 is 5.32 Å². The van der Waals surface area contributed by atoms with E-state index in [2.05, 4.69) is 19.9 Å². The lowest BCUT2D eigenvalue weighted by Crippen LogP contribution is -2.26. The van der Waals surface area contributed by atoms with Gasteiger partial charge in [-0.15, -0.1) is 5.10 Å². The molecule has 20 heavy (non-hydrogen) atoms. The highest BCUT2D eigenvalue weighted by molar-refractivity contribution is 7.09. The lowest BCUT2D eigenvalue weighted by Gasteiger charge is -2.14. The first-order chi connectivity index (χ1) is 9.55. The Morgan fingerprint density at radius 1 is 1.35 bits per heavy atom. The molecule has 0 atom stereocenters. The number of fused-ring (bicyclic) bond motifs is 2. The Morgan fingerprint density at radius 2 is 2.20 bits per heavy atom. The first-order valence-corrected chi connectivity index (χ1v) is 6.87. The Bertz CT molecular complexity index is 836. The summed E-state index contributed by atoms with van der Waals surface area (Å²) in [6, 6.07) is 3.73. The molecule has 1 N–H and O–H groups in total. The number of hydrogen-bond donors (Lipinski definition) is 1. The average Bonchev–Trinajstić information content (AvgIpc) is 3.08. The van der Waals surface area contributed by atoms with E-state index in [0.29, 0.717) is 11.5 Å². The number of carbonyl (C=O) groups is 1. The second kappa shape index (κ2) is 3.63. The van der Waals surface area contributed by atoms with E-state index in [4.69, 9.17) is 4.42 Å². The SMILES string of the molecule is CC1(C)C(=O)Nc2cc3oc(-c4cnns4)nc3cc21. The molecule has 7 heteroatoms. The van der Waals surface area contributed by atoms with Gasteiger partial charge in [-0.25, -0.2) is 4.98 Å². The molecule has 1 aliphatic rings. The van der Waals surface area contributed by atoms with Crippen LogP contribution in [0, 0.1) is 0 Å². The van der Waals surface area contributed by atoms with Crippen molar-refractivity contribution in [3.05, 3.63) is 23.9 Å². The molecule has 0 fully saturated rings. The van der Waals surface area contributed by atoms with Gasteiger partial charge in [0.2, 0.25) is 11.8 Å². The third-order valence-electron chi connectivity index (χ3n) is 3.59. The molecule has 1 aromatic carbocycles. The van der Waals surface area contributed by atoms with Gasteiger partial charge in [0.15, 0.2) is 5.58 Å². The molecule has 1 aliphatic heterocycles. The monoisotopic (exact) mass is 286 g/mol. The molecule has 3 heterocycles. The number of aromatic nitrogens is 3. The van der Waals surface area contributed by atoms with Crippen LogP contribution in [0.5, 0.6) is 0 Å². The summed E-state index contributed by atoms with van der Waals surface area (Å²) in [5.41, 5.74) is 2.56. The first-order valence-electron chi connectivity index (χ1n) is 6.10. The second-order valence-corrected chi connectivity index (χ2v) is 6.03. The molecule has 6 nitrogen and oxygen atoms in total. The Kier molecular flexibility index (Phi) is 2.10. The lowest BCUT2D eigenvalue weighted by atomic mass is 9.86. The van der Waals surface area contributed by atoms with Gasteiger partial charge in [0.25, 0.3) is 0 Å². The standard InChI is InChI=1S/C13H10N4O2S/c1-13(2)6-3-8-9(4-7(6)16-12(13)18)19-11(15-8)10-5-14-17-20-10/h3-5H,1-2H3,(H,16,18). The molecule has 0 radical (unpaired) electrons. The van der Waals surface area contributed by atoms with Crippen molar-refractivity contribution in [3.8, 4) is 10.8 Å². The summed E-state index contributed by atoms with van der Waals surface area (Å²) in [4.78, 5) is 17.2. The Morgan fingerprint density at radius 3 is 2.95 bits per heavy atom. The molecule has 0 saturated carbocycles. The molecule has 100 valence electrons. The van der Waals surface area contributed by atoms with Gasteiger partial charge < -0.3 is 9.73 Å².